The maximum atomic E-state index is 9.54. The maximum Gasteiger partial charge on any atom is 0.495 e. The van der Waals surface area contributed by atoms with E-state index >= 15 is 0 Å². The average Bonchev–Trinajstić information content (AvgIpc) is 3.49. The van der Waals surface area contributed by atoms with Crippen LogP contribution in [0.15, 0.2) is 103 Å². The lowest BCUT2D eigenvalue weighted by molar-refractivity contribution is 0.00578. The second-order valence-corrected chi connectivity index (χ2v) is 12.9. The average molecular weight is 580 g/mol. The third kappa shape index (κ3) is 3.92. The van der Waals surface area contributed by atoms with Gasteiger partial charge in [0.2, 0.25) is 0 Å². The molecule has 0 radical (unpaired) electrons. The molecule has 0 spiro atoms. The van der Waals surface area contributed by atoms with Crippen LogP contribution in [0.1, 0.15) is 38.8 Å². The Morgan fingerprint density at radius 1 is 0.511 bits per heavy atom. The summed E-state index contributed by atoms with van der Waals surface area (Å²) in [5, 5.41) is 23.6. The van der Waals surface area contributed by atoms with Crippen LogP contribution in [0.2, 0.25) is 0 Å². The molecule has 0 unspecified atom stereocenters. The molecule has 0 N–H and O–H groups in total. The Hall–Kier alpha value is -5.20. The second kappa shape index (κ2) is 9.65. The molecule has 0 atom stereocenters. The highest BCUT2D eigenvalue weighted by molar-refractivity contribution is 6.65. The van der Waals surface area contributed by atoms with Gasteiger partial charge >= 0.3 is 7.12 Å². The van der Waals surface area contributed by atoms with Crippen molar-refractivity contribution in [3.8, 4) is 56.6 Å². The molecular weight excluding hydrogens is 551 g/mol. The fraction of sp³-hybridized carbons (Fsp3) is 0.150. The zero-order valence-electron chi connectivity index (χ0n) is 25.6. The van der Waals surface area contributed by atoms with Gasteiger partial charge in [0.25, 0.3) is 0 Å². The number of nitrogens with zero attached hydrogens (tertiary/aromatic N) is 2. The van der Waals surface area contributed by atoms with Gasteiger partial charge in [0.05, 0.1) is 34.5 Å². The lowest BCUT2D eigenvalue weighted by atomic mass is 9.75. The molecule has 0 amide bonds. The van der Waals surface area contributed by atoms with E-state index in [4.69, 9.17) is 9.31 Å². The minimum Gasteiger partial charge on any atom is -0.399 e. The first kappa shape index (κ1) is 27.4. The van der Waals surface area contributed by atoms with Crippen LogP contribution in [0.5, 0.6) is 0 Å². The quantitative estimate of drug-likeness (QED) is 0.196. The van der Waals surface area contributed by atoms with Gasteiger partial charge in [0.1, 0.15) is 0 Å². The smallest absolute Gasteiger partial charge is 0.399 e. The molecule has 2 aliphatic rings. The molecule has 5 heteroatoms. The molecule has 1 fully saturated rings. The molecule has 214 valence electrons. The van der Waals surface area contributed by atoms with Crippen molar-refractivity contribution in [1.82, 2.24) is 0 Å². The van der Waals surface area contributed by atoms with Gasteiger partial charge in [0, 0.05) is 0 Å². The number of nitriles is 2. The Bertz CT molecular complexity index is 2160. The predicted octanol–water partition coefficient (Wildman–Crippen LogP) is 9.02. The number of fused-ring (bicyclic) bond motifs is 4. The first-order valence-electron chi connectivity index (χ1n) is 15.2. The van der Waals surface area contributed by atoms with Crippen molar-refractivity contribution < 1.29 is 9.31 Å². The summed E-state index contributed by atoms with van der Waals surface area (Å²) in [7, 11) is -0.488. The highest BCUT2D eigenvalue weighted by atomic mass is 16.7. The molecular formula is C40H29BN2O2. The molecule has 1 aliphatic heterocycles. The summed E-state index contributed by atoms with van der Waals surface area (Å²) in [6.45, 7) is 8.34. The zero-order valence-corrected chi connectivity index (χ0v) is 25.6. The highest BCUT2D eigenvalue weighted by Crippen LogP contribution is 2.57. The molecule has 6 aromatic rings. The molecule has 6 aromatic carbocycles. The Morgan fingerprint density at radius 3 is 1.47 bits per heavy atom. The van der Waals surface area contributed by atoms with E-state index in [1.807, 2.05) is 24.3 Å². The SMILES string of the molecule is CC1(C)OB(c2ccc3c4c(cccc24)-c2c-3c(-c3ccc(C#N)cc3)c3ccccc3c2-c2ccc(C#N)cc2)OC1(C)C. The third-order valence-electron chi connectivity index (χ3n) is 9.94. The number of rotatable bonds is 3. The van der Waals surface area contributed by atoms with Crippen LogP contribution >= 0.6 is 0 Å². The van der Waals surface area contributed by atoms with Crippen molar-refractivity contribution in [2.45, 2.75) is 38.9 Å². The van der Waals surface area contributed by atoms with Crippen molar-refractivity contribution in [2.75, 3.05) is 0 Å². The summed E-state index contributed by atoms with van der Waals surface area (Å²) in [5.41, 5.74) is 10.4. The Morgan fingerprint density at radius 2 is 0.978 bits per heavy atom. The molecule has 0 saturated carbocycles. The monoisotopic (exact) mass is 580 g/mol. The van der Waals surface area contributed by atoms with E-state index in [1.165, 1.54) is 16.5 Å². The lowest BCUT2D eigenvalue weighted by Gasteiger charge is -2.32. The van der Waals surface area contributed by atoms with Crippen LogP contribution in [-0.2, 0) is 9.31 Å². The fourth-order valence-electron chi connectivity index (χ4n) is 7.02. The maximum absolute atomic E-state index is 9.54. The lowest BCUT2D eigenvalue weighted by Crippen LogP contribution is -2.41. The molecule has 1 aliphatic carbocycles. The van der Waals surface area contributed by atoms with Gasteiger partial charge in [-0.25, -0.2) is 0 Å². The summed E-state index contributed by atoms with van der Waals surface area (Å²) in [5.74, 6) is 0. The van der Waals surface area contributed by atoms with E-state index < -0.39 is 18.3 Å². The van der Waals surface area contributed by atoms with Gasteiger partial charge in [-0.3, -0.25) is 0 Å². The summed E-state index contributed by atoms with van der Waals surface area (Å²) >= 11 is 0. The van der Waals surface area contributed by atoms with E-state index in [9.17, 15) is 10.5 Å². The van der Waals surface area contributed by atoms with E-state index in [-0.39, 0.29) is 0 Å². The standard InChI is InChI=1S/C40H29BN2O2/c1-39(2)40(3,4)45-41(44-39)33-21-20-32-36-30(33)10-7-11-31(36)37-34(26-16-12-24(22-42)13-17-26)28-8-5-6-9-29(28)35(38(32)37)27-18-14-25(23-43)15-19-27/h5-21H,1-4H3. The van der Waals surface area contributed by atoms with Crippen molar-refractivity contribution in [2.24, 2.45) is 0 Å². The molecule has 4 nitrogen and oxygen atoms in total. The van der Waals surface area contributed by atoms with Crippen molar-refractivity contribution >= 4 is 34.1 Å². The van der Waals surface area contributed by atoms with Crippen LogP contribution in [0.25, 0.3) is 66.1 Å². The van der Waals surface area contributed by atoms with Gasteiger partial charge in [0.15, 0.2) is 0 Å². The van der Waals surface area contributed by atoms with E-state index in [1.54, 1.807) is 0 Å². The number of hydrogen-bond acceptors (Lipinski definition) is 4. The largest absolute Gasteiger partial charge is 0.495 e. The van der Waals surface area contributed by atoms with Crippen LogP contribution in [-0.4, -0.2) is 18.3 Å². The molecule has 45 heavy (non-hydrogen) atoms. The van der Waals surface area contributed by atoms with E-state index in [0.717, 1.165) is 55.0 Å². The van der Waals surface area contributed by atoms with Crippen LogP contribution in [0.3, 0.4) is 0 Å². The van der Waals surface area contributed by atoms with Crippen LogP contribution in [0, 0.1) is 22.7 Å². The minimum absolute atomic E-state index is 0.452. The van der Waals surface area contributed by atoms with Gasteiger partial charge in [-0.1, -0.05) is 78.9 Å². The normalized spacial score (nSPS) is 15.6. The van der Waals surface area contributed by atoms with Crippen molar-refractivity contribution in [1.29, 1.82) is 10.5 Å². The minimum atomic E-state index is -0.488. The van der Waals surface area contributed by atoms with Gasteiger partial charge in [-0.2, -0.15) is 10.5 Å². The van der Waals surface area contributed by atoms with Gasteiger partial charge in [-0.15, -0.1) is 0 Å². The van der Waals surface area contributed by atoms with Gasteiger partial charge < -0.3 is 9.31 Å². The van der Waals surface area contributed by atoms with E-state index in [2.05, 4.69) is 119 Å². The zero-order chi connectivity index (χ0) is 31.1. The third-order valence-corrected chi connectivity index (χ3v) is 9.94. The Labute approximate surface area is 263 Å². The highest BCUT2D eigenvalue weighted by Gasteiger charge is 2.52. The first-order chi connectivity index (χ1) is 21.7. The fourth-order valence-corrected chi connectivity index (χ4v) is 7.02. The summed E-state index contributed by atoms with van der Waals surface area (Å²) in [6, 6.07) is 39.8. The van der Waals surface area contributed by atoms with Crippen molar-refractivity contribution in [3.05, 3.63) is 114 Å². The first-order valence-corrected chi connectivity index (χ1v) is 15.2. The summed E-state index contributed by atoms with van der Waals surface area (Å²) < 4.78 is 13.1. The summed E-state index contributed by atoms with van der Waals surface area (Å²) in [4.78, 5) is 0. The van der Waals surface area contributed by atoms with Crippen molar-refractivity contribution in [3.63, 3.8) is 0 Å². The molecule has 0 bridgehead atoms. The van der Waals surface area contributed by atoms with Gasteiger partial charge in [-0.05, 0) is 123 Å². The Kier molecular flexibility index (Phi) is 5.87. The molecule has 1 heterocycles. The molecule has 8 rings (SSSR count). The van der Waals surface area contributed by atoms with Crippen LogP contribution in [0.4, 0.5) is 0 Å². The predicted molar refractivity (Wildman–Crippen MR) is 182 cm³/mol. The number of benzene rings is 6. The van der Waals surface area contributed by atoms with Crippen LogP contribution < -0.4 is 5.46 Å². The topological polar surface area (TPSA) is 66.0 Å². The summed E-state index contributed by atoms with van der Waals surface area (Å²) in [6.07, 6.45) is 0. The molecule has 0 aromatic heterocycles. The number of hydrogen-bond donors (Lipinski definition) is 0. The Balaban J connectivity index is 1.49. The second-order valence-electron chi connectivity index (χ2n) is 12.9. The van der Waals surface area contributed by atoms with E-state index in [0.29, 0.717) is 11.1 Å². The molecule has 1 saturated heterocycles.